The van der Waals surface area contributed by atoms with Crippen molar-refractivity contribution in [2.45, 2.75) is 32.1 Å². The van der Waals surface area contributed by atoms with Crippen LogP contribution < -0.4 is 10.6 Å². The first-order chi connectivity index (χ1) is 9.71. The first-order valence-corrected chi connectivity index (χ1v) is 8.31. The number of guanidine groups is 1. The van der Waals surface area contributed by atoms with E-state index in [9.17, 15) is 4.39 Å². The molecule has 0 bridgehead atoms. The van der Waals surface area contributed by atoms with Crippen LogP contribution in [0.3, 0.4) is 0 Å². The lowest BCUT2D eigenvalue weighted by Crippen LogP contribution is -2.37. The van der Waals surface area contributed by atoms with Crippen LogP contribution >= 0.6 is 35.7 Å². The van der Waals surface area contributed by atoms with Gasteiger partial charge in [0.1, 0.15) is 5.82 Å². The zero-order chi connectivity index (χ0) is 14.8. The summed E-state index contributed by atoms with van der Waals surface area (Å²) in [4.78, 5) is 4.18. The Hall–Kier alpha value is -0.500. The van der Waals surface area contributed by atoms with Crippen LogP contribution in [0.25, 0.3) is 0 Å². The van der Waals surface area contributed by atoms with Crippen molar-refractivity contribution in [1.82, 2.24) is 10.6 Å². The van der Waals surface area contributed by atoms with Gasteiger partial charge in [-0.2, -0.15) is 11.8 Å². The van der Waals surface area contributed by atoms with Crippen LogP contribution in [0, 0.1) is 5.82 Å². The summed E-state index contributed by atoms with van der Waals surface area (Å²) in [5.74, 6) is 1.43. The average molecular weight is 425 g/mol. The zero-order valence-electron chi connectivity index (χ0n) is 12.9. The number of nitrogens with zero attached hydrogens (tertiary/aromatic N) is 1. The van der Waals surface area contributed by atoms with Crippen LogP contribution in [0.2, 0.25) is 0 Å². The van der Waals surface area contributed by atoms with Crippen molar-refractivity contribution in [2.75, 3.05) is 19.8 Å². The van der Waals surface area contributed by atoms with Gasteiger partial charge in [0.05, 0.1) is 0 Å². The first kappa shape index (κ1) is 20.5. The number of aliphatic imine (C=N–C) groups is 1. The molecule has 0 spiro atoms. The number of thioether (sulfide) groups is 1. The van der Waals surface area contributed by atoms with E-state index < -0.39 is 0 Å². The molecule has 0 saturated carbocycles. The smallest absolute Gasteiger partial charge is 0.191 e. The zero-order valence-corrected chi connectivity index (χ0v) is 16.1. The molecule has 0 aliphatic rings. The molecule has 120 valence electrons. The Labute approximate surface area is 148 Å². The highest BCUT2D eigenvalue weighted by atomic mass is 127. The van der Waals surface area contributed by atoms with Gasteiger partial charge in [0.2, 0.25) is 0 Å². The van der Waals surface area contributed by atoms with Gasteiger partial charge in [-0.3, -0.25) is 4.99 Å². The lowest BCUT2D eigenvalue weighted by atomic mass is 10.1. The normalized spacial score (nSPS) is 11.0. The molecule has 0 fully saturated rings. The quantitative estimate of drug-likeness (QED) is 0.302. The predicted octanol–water partition coefficient (Wildman–Crippen LogP) is 3.77. The van der Waals surface area contributed by atoms with Gasteiger partial charge in [0.15, 0.2) is 5.96 Å². The van der Waals surface area contributed by atoms with Crippen LogP contribution in [0.4, 0.5) is 4.39 Å². The summed E-state index contributed by atoms with van der Waals surface area (Å²) >= 11 is 1.69. The Kier molecular flexibility index (Phi) is 11.8. The molecule has 0 aliphatic heterocycles. The average Bonchev–Trinajstić information content (AvgIpc) is 2.44. The number of hydrogen-bond donors (Lipinski definition) is 2. The van der Waals surface area contributed by atoms with Gasteiger partial charge in [0, 0.05) is 25.9 Å². The number of hydrogen-bond acceptors (Lipinski definition) is 2. The first-order valence-electron chi connectivity index (χ1n) is 6.92. The maximum absolute atomic E-state index is 13.3. The topological polar surface area (TPSA) is 36.4 Å². The van der Waals surface area contributed by atoms with Gasteiger partial charge in [-0.25, -0.2) is 4.39 Å². The Morgan fingerprint density at radius 3 is 2.67 bits per heavy atom. The van der Waals surface area contributed by atoms with Crippen LogP contribution in [-0.2, 0) is 12.3 Å². The fourth-order valence-electron chi connectivity index (χ4n) is 1.84. The second-order valence-corrected chi connectivity index (χ2v) is 5.42. The molecule has 0 saturated heterocycles. The lowest BCUT2D eigenvalue weighted by Gasteiger charge is -2.14. The molecule has 1 aromatic rings. The third-order valence-electron chi connectivity index (χ3n) is 2.96. The third-order valence-corrected chi connectivity index (χ3v) is 3.56. The number of benzene rings is 1. The standard InChI is InChI=1S/C15H24FN3S.HI/c1-4-5-8-18-15(17-2)19-10-12-6-7-14(16)9-13(12)11-20-3;/h6-7,9H,4-5,8,10-11H2,1-3H3,(H2,17,18,19);1H. The number of nitrogens with one attached hydrogen (secondary N) is 2. The van der Waals surface area contributed by atoms with Crippen molar-refractivity contribution >= 4 is 41.7 Å². The minimum atomic E-state index is -0.178. The third kappa shape index (κ3) is 7.90. The van der Waals surface area contributed by atoms with Gasteiger partial charge in [-0.05, 0) is 35.9 Å². The monoisotopic (exact) mass is 425 g/mol. The summed E-state index contributed by atoms with van der Waals surface area (Å²) in [7, 11) is 1.76. The van der Waals surface area contributed by atoms with E-state index in [0.717, 1.165) is 42.2 Å². The summed E-state index contributed by atoms with van der Waals surface area (Å²) in [6.07, 6.45) is 4.29. The summed E-state index contributed by atoms with van der Waals surface area (Å²) in [6, 6.07) is 4.96. The highest BCUT2D eigenvalue weighted by molar-refractivity contribution is 14.0. The highest BCUT2D eigenvalue weighted by Crippen LogP contribution is 2.16. The fourth-order valence-corrected chi connectivity index (χ4v) is 2.42. The van der Waals surface area contributed by atoms with Crippen LogP contribution in [-0.4, -0.2) is 25.8 Å². The largest absolute Gasteiger partial charge is 0.356 e. The second-order valence-electron chi connectivity index (χ2n) is 4.55. The molecule has 1 rings (SSSR count). The Morgan fingerprint density at radius 1 is 1.29 bits per heavy atom. The van der Waals surface area contributed by atoms with E-state index in [1.165, 1.54) is 6.07 Å². The van der Waals surface area contributed by atoms with Crippen molar-refractivity contribution in [2.24, 2.45) is 4.99 Å². The van der Waals surface area contributed by atoms with E-state index in [4.69, 9.17) is 0 Å². The van der Waals surface area contributed by atoms with Crippen molar-refractivity contribution in [3.8, 4) is 0 Å². The van der Waals surface area contributed by atoms with E-state index in [-0.39, 0.29) is 29.8 Å². The summed E-state index contributed by atoms with van der Waals surface area (Å²) in [5, 5.41) is 6.53. The minimum absolute atomic E-state index is 0. The maximum Gasteiger partial charge on any atom is 0.191 e. The van der Waals surface area contributed by atoms with E-state index in [1.807, 2.05) is 12.3 Å². The van der Waals surface area contributed by atoms with Crippen LogP contribution in [0.15, 0.2) is 23.2 Å². The molecule has 1 aromatic carbocycles. The summed E-state index contributed by atoms with van der Waals surface area (Å²) in [6.45, 7) is 3.73. The molecule has 0 radical (unpaired) electrons. The highest BCUT2D eigenvalue weighted by Gasteiger charge is 2.05. The molecule has 2 N–H and O–H groups in total. The van der Waals surface area contributed by atoms with E-state index in [1.54, 1.807) is 24.9 Å². The fraction of sp³-hybridized carbons (Fsp3) is 0.533. The van der Waals surface area contributed by atoms with E-state index in [0.29, 0.717) is 6.54 Å². The van der Waals surface area contributed by atoms with Gasteiger partial charge < -0.3 is 10.6 Å². The Morgan fingerprint density at radius 2 is 2.05 bits per heavy atom. The minimum Gasteiger partial charge on any atom is -0.356 e. The molecule has 0 amide bonds. The molecule has 6 heteroatoms. The SMILES string of the molecule is CCCCNC(=NC)NCc1ccc(F)cc1CSC.I. The molecular formula is C15H25FIN3S. The van der Waals surface area contributed by atoms with Crippen LogP contribution in [0.5, 0.6) is 0 Å². The Bertz CT molecular complexity index is 441. The summed E-state index contributed by atoms with van der Waals surface area (Å²) in [5.41, 5.74) is 2.15. The van der Waals surface area contributed by atoms with E-state index >= 15 is 0 Å². The molecular weight excluding hydrogens is 400 g/mol. The second kappa shape index (κ2) is 12.1. The molecule has 0 aromatic heterocycles. The van der Waals surface area contributed by atoms with Crippen molar-refractivity contribution in [3.63, 3.8) is 0 Å². The molecule has 21 heavy (non-hydrogen) atoms. The lowest BCUT2D eigenvalue weighted by molar-refractivity contribution is 0.625. The van der Waals surface area contributed by atoms with Gasteiger partial charge >= 0.3 is 0 Å². The van der Waals surface area contributed by atoms with E-state index in [2.05, 4.69) is 22.5 Å². The predicted molar refractivity (Wildman–Crippen MR) is 102 cm³/mol. The Balaban J connectivity index is 0.00000400. The van der Waals surface area contributed by atoms with Crippen molar-refractivity contribution in [3.05, 3.63) is 35.1 Å². The molecule has 0 atom stereocenters. The van der Waals surface area contributed by atoms with Crippen molar-refractivity contribution < 1.29 is 4.39 Å². The number of unbranched alkanes of at least 4 members (excludes halogenated alkanes) is 1. The molecule has 0 aliphatic carbocycles. The van der Waals surface area contributed by atoms with Crippen molar-refractivity contribution in [1.29, 1.82) is 0 Å². The summed E-state index contributed by atoms with van der Waals surface area (Å²) < 4.78 is 13.3. The number of rotatable bonds is 7. The molecule has 3 nitrogen and oxygen atoms in total. The maximum atomic E-state index is 13.3. The van der Waals surface area contributed by atoms with Gasteiger partial charge in [-0.15, -0.1) is 24.0 Å². The number of halogens is 2. The molecule has 0 unspecified atom stereocenters. The van der Waals surface area contributed by atoms with Gasteiger partial charge in [0.25, 0.3) is 0 Å². The van der Waals surface area contributed by atoms with Gasteiger partial charge in [-0.1, -0.05) is 19.4 Å². The van der Waals surface area contributed by atoms with Crippen LogP contribution in [0.1, 0.15) is 30.9 Å². The molecule has 0 heterocycles.